The van der Waals surface area contributed by atoms with Crippen molar-refractivity contribution in [3.05, 3.63) is 87.2 Å². The van der Waals surface area contributed by atoms with E-state index in [1.165, 1.54) is 17.7 Å². The summed E-state index contributed by atoms with van der Waals surface area (Å²) in [6.45, 7) is -0.483. The lowest BCUT2D eigenvalue weighted by atomic mass is 10.0. The number of hydrogen-bond donors (Lipinski definition) is 2. The van der Waals surface area contributed by atoms with Crippen LogP contribution in [0, 0.1) is 0 Å². The number of nitrogens with zero attached hydrogens (tertiary/aromatic N) is 6. The van der Waals surface area contributed by atoms with Gasteiger partial charge in [-0.25, -0.2) is 14.9 Å². The Balaban J connectivity index is 1.80. The molecule has 4 aromatic heterocycles. The monoisotopic (exact) mass is 497 g/mol. The highest BCUT2D eigenvalue weighted by molar-refractivity contribution is 5.88. The molecule has 0 aliphatic carbocycles. The molecule has 0 aliphatic rings. The molecule has 5 aromatic rings. The van der Waals surface area contributed by atoms with Crippen molar-refractivity contribution < 1.29 is 17.6 Å². The molecular formula is C23H20F3N8O2+. The molecule has 184 valence electrons. The Bertz CT molecular complexity index is 1730. The third kappa shape index (κ3) is 3.74. The number of nitrogens with one attached hydrogen (secondary N) is 1. The summed E-state index contributed by atoms with van der Waals surface area (Å²) < 4.78 is 45.1. The minimum atomic E-state index is -4.66. The summed E-state index contributed by atoms with van der Waals surface area (Å²) in [4.78, 5) is 33.6. The van der Waals surface area contributed by atoms with Gasteiger partial charge in [0.2, 0.25) is 11.2 Å². The quantitative estimate of drug-likeness (QED) is 0.367. The SMILES string of the molecule is Cn1cnc(Cn2[nH]c3c(-c4ccc(=O)n(C)c4)c(-c4ccccc4)nc(N)[n+]3c2=O)c1C(F)(F)F. The van der Waals surface area contributed by atoms with Crippen LogP contribution in [0.15, 0.2) is 64.6 Å². The number of alkyl halides is 3. The van der Waals surface area contributed by atoms with E-state index in [-0.39, 0.29) is 22.8 Å². The number of anilines is 1. The number of fused-ring (bicyclic) bond motifs is 1. The van der Waals surface area contributed by atoms with E-state index in [9.17, 15) is 22.8 Å². The number of halogens is 3. The summed E-state index contributed by atoms with van der Waals surface area (Å²) in [6.07, 6.45) is -2.04. The van der Waals surface area contributed by atoms with E-state index in [4.69, 9.17) is 5.73 Å². The number of nitrogen functional groups attached to an aromatic ring is 1. The first kappa shape index (κ1) is 23.1. The third-order valence-corrected chi connectivity index (χ3v) is 5.83. The lowest BCUT2D eigenvalue weighted by Gasteiger charge is -2.09. The zero-order chi connectivity index (χ0) is 25.8. The van der Waals surface area contributed by atoms with Crippen molar-refractivity contribution >= 4 is 11.6 Å². The van der Waals surface area contributed by atoms with Crippen molar-refractivity contribution in [2.75, 3.05) is 5.73 Å². The Hall–Kier alpha value is -4.68. The van der Waals surface area contributed by atoms with Crippen molar-refractivity contribution in [3.8, 4) is 22.4 Å². The maximum atomic E-state index is 13.6. The summed E-state index contributed by atoms with van der Waals surface area (Å²) in [5, 5.41) is 2.90. The van der Waals surface area contributed by atoms with Crippen LogP contribution in [0.2, 0.25) is 0 Å². The van der Waals surface area contributed by atoms with Gasteiger partial charge in [-0.1, -0.05) is 30.3 Å². The highest BCUT2D eigenvalue weighted by atomic mass is 19.4. The van der Waals surface area contributed by atoms with Crippen LogP contribution < -0.4 is 21.4 Å². The van der Waals surface area contributed by atoms with Crippen LogP contribution in [0.4, 0.5) is 19.1 Å². The summed E-state index contributed by atoms with van der Waals surface area (Å²) >= 11 is 0. The van der Waals surface area contributed by atoms with E-state index >= 15 is 0 Å². The number of pyridine rings is 1. The Morgan fingerprint density at radius 1 is 1.03 bits per heavy atom. The van der Waals surface area contributed by atoms with E-state index in [0.29, 0.717) is 22.4 Å². The molecule has 0 fully saturated rings. The number of nitrogens with two attached hydrogens (primary N) is 1. The summed E-state index contributed by atoms with van der Waals surface area (Å²) in [7, 11) is 2.81. The lowest BCUT2D eigenvalue weighted by molar-refractivity contribution is -0.516. The zero-order valence-corrected chi connectivity index (χ0v) is 19.1. The van der Waals surface area contributed by atoms with Gasteiger partial charge < -0.3 is 14.9 Å². The molecule has 0 atom stereocenters. The highest BCUT2D eigenvalue weighted by Crippen LogP contribution is 2.33. The van der Waals surface area contributed by atoms with Gasteiger partial charge in [0.15, 0.2) is 0 Å². The molecule has 0 spiro atoms. The van der Waals surface area contributed by atoms with Crippen LogP contribution >= 0.6 is 0 Å². The van der Waals surface area contributed by atoms with E-state index in [2.05, 4.69) is 15.1 Å². The van der Waals surface area contributed by atoms with Gasteiger partial charge in [-0.2, -0.15) is 17.9 Å². The lowest BCUT2D eigenvalue weighted by Crippen LogP contribution is -2.44. The molecule has 0 radical (unpaired) electrons. The van der Waals surface area contributed by atoms with Crippen LogP contribution in [-0.4, -0.2) is 28.9 Å². The molecule has 5 rings (SSSR count). The fourth-order valence-electron chi connectivity index (χ4n) is 4.19. The second-order valence-corrected chi connectivity index (χ2v) is 8.24. The zero-order valence-electron chi connectivity index (χ0n) is 19.1. The van der Waals surface area contributed by atoms with Crippen LogP contribution in [0.25, 0.3) is 28.0 Å². The number of benzene rings is 1. The van der Waals surface area contributed by atoms with Gasteiger partial charge in [-0.3, -0.25) is 4.79 Å². The molecule has 36 heavy (non-hydrogen) atoms. The smallest absolute Gasteiger partial charge is 0.330 e. The van der Waals surface area contributed by atoms with Gasteiger partial charge in [0.25, 0.3) is 0 Å². The first-order valence-corrected chi connectivity index (χ1v) is 10.7. The number of rotatable bonds is 4. The second kappa shape index (κ2) is 8.22. The predicted molar refractivity (Wildman–Crippen MR) is 124 cm³/mol. The molecule has 0 amide bonds. The fraction of sp³-hybridized carbons (Fsp3) is 0.174. The average molecular weight is 497 g/mol. The Morgan fingerprint density at radius 2 is 1.75 bits per heavy atom. The highest BCUT2D eigenvalue weighted by Gasteiger charge is 2.38. The van der Waals surface area contributed by atoms with Crippen molar-refractivity contribution in [2.45, 2.75) is 12.7 Å². The van der Waals surface area contributed by atoms with E-state index in [1.54, 1.807) is 19.3 Å². The summed E-state index contributed by atoms with van der Waals surface area (Å²) in [5.74, 6) is -0.158. The number of imidazole rings is 1. The predicted octanol–water partition coefficient (Wildman–Crippen LogP) is 1.73. The fourth-order valence-corrected chi connectivity index (χ4v) is 4.19. The van der Waals surface area contributed by atoms with Crippen LogP contribution in [0.5, 0.6) is 0 Å². The summed E-state index contributed by atoms with van der Waals surface area (Å²) in [6, 6.07) is 12.0. The standard InChI is InChI=1S/C23H19F3N8O2/c1-31-10-14(8-9-16(31)35)17-18(13-6-4-3-5-7-13)29-21(27)34-20(17)30-33(22(34)36)11-15-19(23(24,25)26)32(2)12-28-15/h3-10,12H,11H2,1-2H3,(H2,27,29,30)/p+1. The van der Waals surface area contributed by atoms with Gasteiger partial charge in [0, 0.05) is 37.5 Å². The minimum Gasteiger partial charge on any atom is -0.330 e. The third-order valence-electron chi connectivity index (χ3n) is 5.83. The van der Waals surface area contributed by atoms with Crippen LogP contribution in [-0.2, 0) is 26.8 Å². The number of aromatic amines is 1. The molecule has 0 unspecified atom stereocenters. The topological polar surface area (TPSA) is 121 Å². The average Bonchev–Trinajstić information content (AvgIpc) is 3.36. The number of aromatic nitrogens is 7. The Morgan fingerprint density at radius 3 is 2.42 bits per heavy atom. The molecule has 13 heteroatoms. The van der Waals surface area contributed by atoms with Gasteiger partial charge in [-0.15, -0.1) is 9.38 Å². The van der Waals surface area contributed by atoms with Gasteiger partial charge in [-0.05, 0) is 6.07 Å². The molecule has 0 saturated carbocycles. The maximum Gasteiger partial charge on any atom is 0.433 e. The second-order valence-electron chi connectivity index (χ2n) is 8.24. The van der Waals surface area contributed by atoms with Gasteiger partial charge in [0.05, 0.1) is 11.9 Å². The molecule has 10 nitrogen and oxygen atoms in total. The minimum absolute atomic E-state index is 0.158. The van der Waals surface area contributed by atoms with E-state index in [0.717, 1.165) is 20.0 Å². The molecule has 3 N–H and O–H groups in total. The van der Waals surface area contributed by atoms with Gasteiger partial charge >= 0.3 is 17.8 Å². The van der Waals surface area contributed by atoms with Gasteiger partial charge in [0.1, 0.15) is 23.6 Å². The Labute approximate surface area is 200 Å². The first-order chi connectivity index (χ1) is 17.1. The van der Waals surface area contributed by atoms with Crippen LogP contribution in [0.1, 0.15) is 11.4 Å². The molecule has 1 aromatic carbocycles. The van der Waals surface area contributed by atoms with Crippen molar-refractivity contribution in [3.63, 3.8) is 0 Å². The van der Waals surface area contributed by atoms with E-state index < -0.39 is 24.1 Å². The molecular weight excluding hydrogens is 477 g/mol. The van der Waals surface area contributed by atoms with Crippen molar-refractivity contribution in [1.29, 1.82) is 0 Å². The first-order valence-electron chi connectivity index (χ1n) is 10.7. The summed E-state index contributed by atoms with van der Waals surface area (Å²) in [5.41, 5.74) is 6.21. The molecule has 0 saturated heterocycles. The Kier molecular flexibility index (Phi) is 5.27. The van der Waals surface area contributed by atoms with Crippen LogP contribution in [0.3, 0.4) is 0 Å². The van der Waals surface area contributed by atoms with Crippen molar-refractivity contribution in [2.24, 2.45) is 14.1 Å². The van der Waals surface area contributed by atoms with E-state index in [1.807, 2.05) is 30.3 Å². The number of aryl methyl sites for hydroxylation is 2. The largest absolute Gasteiger partial charge is 0.433 e. The number of hydrogen-bond acceptors (Lipinski definition) is 5. The maximum absolute atomic E-state index is 13.6. The van der Waals surface area contributed by atoms with Crippen molar-refractivity contribution in [1.82, 2.24) is 28.9 Å². The normalized spacial score (nSPS) is 11.9. The molecule has 0 bridgehead atoms. The number of H-pyrrole nitrogens is 1. The molecule has 4 heterocycles. The molecule has 0 aliphatic heterocycles.